The van der Waals surface area contributed by atoms with Crippen LogP contribution in [0.3, 0.4) is 0 Å². The molecule has 0 radical (unpaired) electrons. The van der Waals surface area contributed by atoms with Gasteiger partial charge in [0, 0.05) is 61.2 Å². The average molecular weight is 609 g/mol. The molecule has 236 valence electrons. The number of aromatic nitrogens is 2. The van der Waals surface area contributed by atoms with Crippen LogP contribution in [0.25, 0.3) is 5.69 Å². The van der Waals surface area contributed by atoms with Crippen LogP contribution in [0, 0.1) is 0 Å². The first-order valence-corrected chi connectivity index (χ1v) is 15.8. The Balaban J connectivity index is 1.63. The molecule has 0 unspecified atom stereocenters. The number of pyridine rings is 2. The summed E-state index contributed by atoms with van der Waals surface area (Å²) in [5.74, 6) is -0.461. The number of nitrogens with one attached hydrogen (secondary N) is 2. The number of aliphatic hydroxyl groups excluding tert-OH is 1. The molecule has 2 aromatic heterocycles. The van der Waals surface area contributed by atoms with E-state index in [4.69, 9.17) is 0 Å². The minimum Gasteiger partial charge on any atom is -0.390 e. The molecule has 0 aliphatic rings. The second-order valence-corrected chi connectivity index (χ2v) is 11.9. The van der Waals surface area contributed by atoms with E-state index >= 15 is 0 Å². The fraction of sp³-hybridized carbons (Fsp3) is 0.351. The van der Waals surface area contributed by atoms with Gasteiger partial charge in [-0.15, -0.1) is 0 Å². The molecule has 8 nitrogen and oxygen atoms in total. The molecule has 0 saturated carbocycles. The molecule has 2 amide bonds. The smallest absolute Gasteiger partial charge is 0.254 e. The molecule has 0 fully saturated rings. The van der Waals surface area contributed by atoms with Crippen molar-refractivity contribution in [2.75, 3.05) is 19.6 Å². The van der Waals surface area contributed by atoms with E-state index in [9.17, 15) is 14.7 Å². The quantitative estimate of drug-likeness (QED) is 0.168. The molecule has 8 heteroatoms. The Bertz CT molecular complexity index is 1510. The predicted octanol–water partition coefficient (Wildman–Crippen LogP) is 4.85. The fourth-order valence-corrected chi connectivity index (χ4v) is 5.35. The van der Waals surface area contributed by atoms with Gasteiger partial charge in [0.2, 0.25) is 5.69 Å². The standard InChI is InChI=1S/C37H45N5O3/c1-5-19-42(20-6-2)36(45)30-24-29(25-31(26-30)41-21-13-8-14-22-41)35(44)40-32(23-28-15-9-7-10-16-28)33(43)27-39-37(3,4)34-17-11-12-18-38-34/h7-18,21-22,24-26,32-33,39,43H,5-6,19-20,23,27H2,1-4H3/p+1/t32-,33-/m0/s1. The summed E-state index contributed by atoms with van der Waals surface area (Å²) in [4.78, 5) is 34.0. The van der Waals surface area contributed by atoms with Gasteiger partial charge in [-0.05, 0) is 56.9 Å². The van der Waals surface area contributed by atoms with Crippen molar-refractivity contribution in [3.05, 3.63) is 126 Å². The van der Waals surface area contributed by atoms with Gasteiger partial charge in [-0.3, -0.25) is 14.6 Å². The molecular weight excluding hydrogens is 562 g/mol. The van der Waals surface area contributed by atoms with Crippen molar-refractivity contribution < 1.29 is 19.3 Å². The van der Waals surface area contributed by atoms with Crippen molar-refractivity contribution in [1.29, 1.82) is 0 Å². The number of hydrogen-bond acceptors (Lipinski definition) is 5. The molecule has 2 atom stereocenters. The molecule has 4 rings (SSSR count). The molecule has 2 aromatic carbocycles. The van der Waals surface area contributed by atoms with Crippen molar-refractivity contribution in [2.45, 2.75) is 64.6 Å². The summed E-state index contributed by atoms with van der Waals surface area (Å²) in [6.07, 6.45) is 6.73. The highest BCUT2D eigenvalue weighted by molar-refractivity contribution is 6.00. The van der Waals surface area contributed by atoms with Crippen LogP contribution in [-0.2, 0) is 12.0 Å². The number of hydrogen-bond donors (Lipinski definition) is 3. The van der Waals surface area contributed by atoms with Gasteiger partial charge in [0.05, 0.1) is 23.4 Å². The van der Waals surface area contributed by atoms with Crippen molar-refractivity contribution in [3.8, 4) is 5.69 Å². The lowest BCUT2D eigenvalue weighted by Crippen LogP contribution is -2.51. The van der Waals surface area contributed by atoms with Gasteiger partial charge in [-0.25, -0.2) is 0 Å². The van der Waals surface area contributed by atoms with Crippen molar-refractivity contribution in [1.82, 2.24) is 20.5 Å². The summed E-state index contributed by atoms with van der Waals surface area (Å²) in [6.45, 7) is 9.64. The van der Waals surface area contributed by atoms with Crippen LogP contribution in [0.5, 0.6) is 0 Å². The zero-order valence-corrected chi connectivity index (χ0v) is 26.8. The van der Waals surface area contributed by atoms with Crippen LogP contribution in [-0.4, -0.2) is 58.6 Å². The zero-order chi connectivity index (χ0) is 32.2. The van der Waals surface area contributed by atoms with Gasteiger partial charge in [0.1, 0.15) is 0 Å². The second-order valence-electron chi connectivity index (χ2n) is 11.9. The van der Waals surface area contributed by atoms with Crippen LogP contribution in [0.1, 0.15) is 72.5 Å². The highest BCUT2D eigenvalue weighted by atomic mass is 16.3. The molecule has 2 heterocycles. The summed E-state index contributed by atoms with van der Waals surface area (Å²) in [5.41, 5.74) is 2.86. The molecule has 0 spiro atoms. The molecule has 0 bridgehead atoms. The lowest BCUT2D eigenvalue weighted by Gasteiger charge is -2.30. The van der Waals surface area contributed by atoms with E-state index in [0.29, 0.717) is 36.3 Å². The lowest BCUT2D eigenvalue weighted by atomic mass is 9.97. The third-order valence-electron chi connectivity index (χ3n) is 7.85. The van der Waals surface area contributed by atoms with Crippen LogP contribution in [0.4, 0.5) is 0 Å². The van der Waals surface area contributed by atoms with Crippen LogP contribution >= 0.6 is 0 Å². The number of rotatable bonds is 15. The third kappa shape index (κ3) is 9.30. The summed E-state index contributed by atoms with van der Waals surface area (Å²) >= 11 is 0. The Morgan fingerprint density at radius 3 is 2.18 bits per heavy atom. The van der Waals surface area contributed by atoms with E-state index in [1.807, 2.05) is 109 Å². The highest BCUT2D eigenvalue weighted by Gasteiger charge is 2.28. The van der Waals surface area contributed by atoms with E-state index in [0.717, 1.165) is 24.1 Å². The number of benzene rings is 2. The van der Waals surface area contributed by atoms with Gasteiger partial charge in [-0.1, -0.05) is 56.3 Å². The van der Waals surface area contributed by atoms with E-state index in [-0.39, 0.29) is 18.4 Å². The normalized spacial score (nSPS) is 12.7. The van der Waals surface area contributed by atoms with Crippen LogP contribution in [0.2, 0.25) is 0 Å². The van der Waals surface area contributed by atoms with Gasteiger partial charge in [0.15, 0.2) is 12.4 Å². The molecule has 0 aliphatic carbocycles. The summed E-state index contributed by atoms with van der Waals surface area (Å²) < 4.78 is 1.89. The third-order valence-corrected chi connectivity index (χ3v) is 7.85. The average Bonchev–Trinajstić information content (AvgIpc) is 3.07. The number of aliphatic hydroxyl groups is 1. The number of carbonyl (C=O) groups excluding carboxylic acids is 2. The lowest BCUT2D eigenvalue weighted by molar-refractivity contribution is -0.595. The van der Waals surface area contributed by atoms with Gasteiger partial charge in [0.25, 0.3) is 11.8 Å². The Morgan fingerprint density at radius 1 is 0.889 bits per heavy atom. The van der Waals surface area contributed by atoms with Gasteiger partial charge in [-0.2, -0.15) is 4.57 Å². The molecule has 4 aromatic rings. The Hall–Kier alpha value is -4.40. The van der Waals surface area contributed by atoms with Crippen molar-refractivity contribution >= 4 is 11.8 Å². The van der Waals surface area contributed by atoms with Crippen molar-refractivity contribution in [3.63, 3.8) is 0 Å². The first-order chi connectivity index (χ1) is 21.7. The largest absolute Gasteiger partial charge is 0.390 e. The fourth-order valence-electron chi connectivity index (χ4n) is 5.35. The Labute approximate surface area is 267 Å². The summed E-state index contributed by atoms with van der Waals surface area (Å²) in [6, 6.07) is 25.9. The Morgan fingerprint density at radius 2 is 1.53 bits per heavy atom. The molecule has 3 N–H and O–H groups in total. The Kier molecular flexibility index (Phi) is 12.0. The molecule has 0 saturated heterocycles. The zero-order valence-electron chi connectivity index (χ0n) is 26.8. The minimum atomic E-state index is -0.908. The maximum Gasteiger partial charge on any atom is 0.254 e. The monoisotopic (exact) mass is 608 g/mol. The van der Waals surface area contributed by atoms with Gasteiger partial charge < -0.3 is 20.6 Å². The van der Waals surface area contributed by atoms with Crippen LogP contribution in [0.15, 0.2) is 104 Å². The predicted molar refractivity (Wildman–Crippen MR) is 177 cm³/mol. The minimum absolute atomic E-state index is 0.104. The van der Waals surface area contributed by atoms with Gasteiger partial charge >= 0.3 is 0 Å². The number of carbonyl (C=O) groups is 2. The number of amides is 2. The van der Waals surface area contributed by atoms with Crippen molar-refractivity contribution in [2.24, 2.45) is 0 Å². The SMILES string of the molecule is CCCN(CCC)C(=O)c1cc(C(=O)N[C@@H](Cc2ccccc2)[C@@H](O)CNC(C)(C)c2ccccn2)cc(-[n+]2ccccc2)c1. The maximum atomic E-state index is 14.0. The molecular formula is C37H46N5O3+. The van der Waals surface area contributed by atoms with Crippen LogP contribution < -0.4 is 15.2 Å². The molecule has 45 heavy (non-hydrogen) atoms. The van der Waals surface area contributed by atoms with E-state index in [2.05, 4.69) is 29.5 Å². The first-order valence-electron chi connectivity index (χ1n) is 15.8. The van der Waals surface area contributed by atoms with E-state index in [1.165, 1.54) is 0 Å². The summed E-state index contributed by atoms with van der Waals surface area (Å²) in [5, 5.41) is 18.0. The topological polar surface area (TPSA) is 98.4 Å². The maximum absolute atomic E-state index is 14.0. The van der Waals surface area contributed by atoms with E-state index in [1.54, 1.807) is 18.3 Å². The number of nitrogens with zero attached hydrogens (tertiary/aromatic N) is 3. The van der Waals surface area contributed by atoms with E-state index < -0.39 is 17.7 Å². The highest BCUT2D eigenvalue weighted by Crippen LogP contribution is 2.19. The second kappa shape index (κ2) is 16.1. The summed E-state index contributed by atoms with van der Waals surface area (Å²) in [7, 11) is 0. The first kappa shape index (κ1) is 33.5. The molecule has 0 aliphatic heterocycles.